The first-order chi connectivity index (χ1) is 7.33. The van der Waals surface area contributed by atoms with E-state index in [0.29, 0.717) is 6.61 Å². The zero-order valence-corrected chi connectivity index (χ0v) is 9.63. The van der Waals surface area contributed by atoms with Crippen LogP contribution in [-0.2, 0) is 4.74 Å². The highest BCUT2D eigenvalue weighted by Crippen LogP contribution is 2.19. The maximum Gasteiger partial charge on any atom is 0.108 e. The molecule has 0 heterocycles. The molecule has 0 saturated carbocycles. The third kappa shape index (κ3) is 5.33. The van der Waals surface area contributed by atoms with Crippen molar-refractivity contribution in [3.05, 3.63) is 55.3 Å². The predicted octanol–water partition coefficient (Wildman–Crippen LogP) is 3.89. The van der Waals surface area contributed by atoms with Crippen molar-refractivity contribution < 1.29 is 4.74 Å². The zero-order valence-electron chi connectivity index (χ0n) is 8.82. The van der Waals surface area contributed by atoms with E-state index in [9.17, 15) is 0 Å². The molecule has 0 aliphatic carbocycles. The van der Waals surface area contributed by atoms with Crippen LogP contribution in [-0.4, -0.2) is 12.4 Å². The third-order valence-corrected chi connectivity index (χ3v) is 2.89. The van der Waals surface area contributed by atoms with Crippen LogP contribution in [0.5, 0.6) is 0 Å². The van der Waals surface area contributed by atoms with E-state index in [1.165, 1.54) is 11.2 Å². The Labute approximate surface area is 95.8 Å². The van der Waals surface area contributed by atoms with E-state index < -0.39 is 0 Å². The van der Waals surface area contributed by atoms with Crippen LogP contribution in [0.3, 0.4) is 0 Å². The minimum Gasteiger partial charge on any atom is -0.497 e. The van der Waals surface area contributed by atoms with E-state index in [4.69, 9.17) is 4.74 Å². The second kappa shape index (κ2) is 7.18. The summed E-state index contributed by atoms with van der Waals surface area (Å²) in [7, 11) is 0. The van der Waals surface area contributed by atoms with Crippen molar-refractivity contribution in [1.82, 2.24) is 0 Å². The van der Waals surface area contributed by atoms with Crippen LogP contribution in [0.15, 0.2) is 60.2 Å². The highest BCUT2D eigenvalue weighted by atomic mass is 32.2. The predicted molar refractivity (Wildman–Crippen MR) is 67.1 cm³/mol. The fraction of sp³-hybridized carbons (Fsp3) is 0.231. The van der Waals surface area contributed by atoms with Crippen LogP contribution in [0, 0.1) is 0 Å². The summed E-state index contributed by atoms with van der Waals surface area (Å²) in [4.78, 5) is 1.30. The highest BCUT2D eigenvalue weighted by Gasteiger charge is 1.96. The molecule has 0 amide bonds. The summed E-state index contributed by atoms with van der Waals surface area (Å²) in [6.07, 6.45) is 2.43. The summed E-state index contributed by atoms with van der Waals surface area (Å²) in [6, 6.07) is 10.4. The zero-order chi connectivity index (χ0) is 10.9. The lowest BCUT2D eigenvalue weighted by Crippen LogP contribution is -1.93. The van der Waals surface area contributed by atoms with Crippen LogP contribution in [0.25, 0.3) is 0 Å². The van der Waals surface area contributed by atoms with E-state index in [1.807, 2.05) is 17.8 Å². The van der Waals surface area contributed by atoms with E-state index >= 15 is 0 Å². The van der Waals surface area contributed by atoms with Gasteiger partial charge in [-0.25, -0.2) is 0 Å². The van der Waals surface area contributed by atoms with Crippen molar-refractivity contribution in [3.8, 4) is 0 Å². The molecule has 1 rings (SSSR count). The summed E-state index contributed by atoms with van der Waals surface area (Å²) < 4.78 is 5.05. The summed E-state index contributed by atoms with van der Waals surface area (Å²) in [5.74, 6) is 1.04. The molecule has 0 bridgehead atoms. The van der Waals surface area contributed by atoms with Gasteiger partial charge < -0.3 is 4.74 Å². The van der Waals surface area contributed by atoms with Crippen LogP contribution in [0.1, 0.15) is 6.42 Å². The van der Waals surface area contributed by atoms with Crippen LogP contribution in [0.4, 0.5) is 0 Å². The minimum atomic E-state index is 0.582. The van der Waals surface area contributed by atoms with Crippen molar-refractivity contribution in [3.63, 3.8) is 0 Å². The van der Waals surface area contributed by atoms with Crippen molar-refractivity contribution in [1.29, 1.82) is 0 Å². The van der Waals surface area contributed by atoms with Gasteiger partial charge in [0.25, 0.3) is 0 Å². The second-order valence-electron chi connectivity index (χ2n) is 3.14. The van der Waals surface area contributed by atoms with E-state index in [1.54, 1.807) is 0 Å². The fourth-order valence-electron chi connectivity index (χ4n) is 1.08. The molecule has 1 nitrogen and oxygen atoms in total. The number of rotatable bonds is 7. The first kappa shape index (κ1) is 11.9. The molecule has 1 aromatic carbocycles. The average Bonchev–Trinajstić information content (AvgIpc) is 2.28. The smallest absolute Gasteiger partial charge is 0.108 e. The van der Waals surface area contributed by atoms with E-state index in [2.05, 4.69) is 37.4 Å². The topological polar surface area (TPSA) is 9.23 Å². The van der Waals surface area contributed by atoms with Gasteiger partial charge in [0.2, 0.25) is 0 Å². The van der Waals surface area contributed by atoms with Gasteiger partial charge >= 0.3 is 0 Å². The number of thioether (sulfide) groups is 1. The van der Waals surface area contributed by atoms with Crippen molar-refractivity contribution in [2.75, 3.05) is 12.4 Å². The van der Waals surface area contributed by atoms with Crippen molar-refractivity contribution in [2.24, 2.45) is 0 Å². The molecule has 0 aliphatic rings. The maximum absolute atomic E-state index is 5.05. The molecule has 0 atom stereocenters. The van der Waals surface area contributed by atoms with Crippen LogP contribution in [0.2, 0.25) is 0 Å². The van der Waals surface area contributed by atoms with Gasteiger partial charge in [-0.15, -0.1) is 11.8 Å². The molecule has 0 radical (unpaired) electrons. The van der Waals surface area contributed by atoms with Gasteiger partial charge in [-0.3, -0.25) is 0 Å². The molecule has 0 aliphatic heterocycles. The molecular weight excluding hydrogens is 204 g/mol. The van der Waals surface area contributed by atoms with E-state index in [0.717, 1.165) is 17.7 Å². The van der Waals surface area contributed by atoms with Gasteiger partial charge in [-0.1, -0.05) is 31.4 Å². The molecule has 0 N–H and O–H groups in total. The molecular formula is C13H16OS. The quantitative estimate of drug-likeness (QED) is 0.392. The standard InChI is InChI=1S/C13H16OS/c1-3-14-11-12(2)9-10-15-13-7-5-4-6-8-13/h3-8H,1-2,9-11H2. The normalized spacial score (nSPS) is 9.60. The summed E-state index contributed by atoms with van der Waals surface area (Å²) in [6.45, 7) is 8.01. The first-order valence-corrected chi connectivity index (χ1v) is 5.88. The first-order valence-electron chi connectivity index (χ1n) is 4.90. The molecule has 2 heteroatoms. The third-order valence-electron chi connectivity index (χ3n) is 1.87. The summed E-state index contributed by atoms with van der Waals surface area (Å²) in [5.41, 5.74) is 1.11. The highest BCUT2D eigenvalue weighted by molar-refractivity contribution is 7.99. The Morgan fingerprint density at radius 2 is 2.07 bits per heavy atom. The SMILES string of the molecule is C=COCC(=C)CCSc1ccccc1. The Balaban J connectivity index is 2.16. The van der Waals surface area contributed by atoms with Gasteiger partial charge in [0.05, 0.1) is 6.26 Å². The van der Waals surface area contributed by atoms with Gasteiger partial charge in [0.1, 0.15) is 6.61 Å². The Bertz CT molecular complexity index is 306. The number of hydrogen-bond donors (Lipinski definition) is 0. The number of benzene rings is 1. The molecule has 1 aromatic rings. The van der Waals surface area contributed by atoms with Crippen molar-refractivity contribution >= 4 is 11.8 Å². The molecule has 0 spiro atoms. The number of ether oxygens (including phenoxy) is 1. The summed E-state index contributed by atoms with van der Waals surface area (Å²) in [5, 5.41) is 0. The lowest BCUT2D eigenvalue weighted by molar-refractivity contribution is 0.279. The van der Waals surface area contributed by atoms with Gasteiger partial charge in [0.15, 0.2) is 0 Å². The van der Waals surface area contributed by atoms with Crippen LogP contribution >= 0.6 is 11.8 Å². The van der Waals surface area contributed by atoms with Gasteiger partial charge in [0, 0.05) is 10.6 Å². The molecule has 15 heavy (non-hydrogen) atoms. The minimum absolute atomic E-state index is 0.582. The lowest BCUT2D eigenvalue weighted by atomic mass is 10.2. The largest absolute Gasteiger partial charge is 0.497 e. The van der Waals surface area contributed by atoms with Gasteiger partial charge in [-0.2, -0.15) is 0 Å². The lowest BCUT2D eigenvalue weighted by Gasteiger charge is -2.04. The van der Waals surface area contributed by atoms with Gasteiger partial charge in [-0.05, 0) is 24.1 Å². The van der Waals surface area contributed by atoms with Crippen molar-refractivity contribution in [2.45, 2.75) is 11.3 Å². The molecule has 0 unspecified atom stereocenters. The Morgan fingerprint density at radius 3 is 2.73 bits per heavy atom. The Kier molecular flexibility index (Phi) is 5.71. The Hall–Kier alpha value is -1.15. The molecule has 0 fully saturated rings. The summed E-state index contributed by atoms with van der Waals surface area (Å²) >= 11 is 1.84. The second-order valence-corrected chi connectivity index (χ2v) is 4.31. The average molecular weight is 220 g/mol. The molecule has 0 saturated heterocycles. The Morgan fingerprint density at radius 1 is 1.33 bits per heavy atom. The molecule has 0 aromatic heterocycles. The van der Waals surface area contributed by atoms with Crippen LogP contribution < -0.4 is 0 Å². The number of hydrogen-bond acceptors (Lipinski definition) is 2. The monoisotopic (exact) mass is 220 g/mol. The maximum atomic E-state index is 5.05. The van der Waals surface area contributed by atoms with E-state index in [-0.39, 0.29) is 0 Å². The molecule has 80 valence electrons. The fourth-order valence-corrected chi connectivity index (χ4v) is 2.05.